The molecule has 0 saturated heterocycles. The molecule has 2 heteroatoms. The first kappa shape index (κ1) is 14.2. The first-order valence-electron chi connectivity index (χ1n) is 5.86. The normalized spacial score (nSPS) is 11.3. The van der Waals surface area contributed by atoms with E-state index >= 15 is 0 Å². The van der Waals surface area contributed by atoms with Crippen LogP contribution in [0.2, 0.25) is 0 Å². The molecule has 0 bridgehead atoms. The van der Waals surface area contributed by atoms with Crippen LogP contribution in [0.1, 0.15) is 27.2 Å². The minimum atomic E-state index is 0.967. The van der Waals surface area contributed by atoms with Gasteiger partial charge in [0.25, 0.3) is 0 Å². The Balaban J connectivity index is 3.90. The minimum Gasteiger partial charge on any atom is -0.374 e. The third kappa shape index (κ3) is 7.20. The second-order valence-corrected chi connectivity index (χ2v) is 4.03. The lowest BCUT2D eigenvalue weighted by molar-refractivity contribution is 0.343. The average Bonchev–Trinajstić information content (AvgIpc) is 2.17. The van der Waals surface area contributed by atoms with E-state index in [0.29, 0.717) is 0 Å². The summed E-state index contributed by atoms with van der Waals surface area (Å²) >= 11 is 0. The van der Waals surface area contributed by atoms with Crippen molar-refractivity contribution in [3.05, 3.63) is 24.4 Å². The van der Waals surface area contributed by atoms with Crippen LogP contribution >= 0.6 is 0 Å². The van der Waals surface area contributed by atoms with Gasteiger partial charge < -0.3 is 9.80 Å². The maximum atomic E-state index is 4.13. The second-order valence-electron chi connectivity index (χ2n) is 4.03. The Morgan fingerprint density at radius 3 is 2.40 bits per heavy atom. The van der Waals surface area contributed by atoms with Crippen LogP contribution in [0.25, 0.3) is 0 Å². The van der Waals surface area contributed by atoms with Gasteiger partial charge in [0.1, 0.15) is 0 Å². The van der Waals surface area contributed by atoms with Gasteiger partial charge in [-0.3, -0.25) is 0 Å². The maximum Gasteiger partial charge on any atom is 0.0393 e. The van der Waals surface area contributed by atoms with Gasteiger partial charge in [0, 0.05) is 19.6 Å². The molecule has 0 aliphatic heterocycles. The van der Waals surface area contributed by atoms with E-state index in [0.717, 1.165) is 26.2 Å². The number of hydrogen-bond acceptors (Lipinski definition) is 2. The highest BCUT2D eigenvalue weighted by Crippen LogP contribution is 2.00. The molecule has 0 aliphatic rings. The number of hydrogen-bond donors (Lipinski definition) is 0. The minimum absolute atomic E-state index is 0.967. The van der Waals surface area contributed by atoms with E-state index in [1.165, 1.54) is 12.0 Å². The molecule has 0 fully saturated rings. The van der Waals surface area contributed by atoms with Crippen molar-refractivity contribution in [1.29, 1.82) is 0 Å². The van der Waals surface area contributed by atoms with Crippen molar-refractivity contribution in [3.8, 4) is 0 Å². The molecule has 0 aromatic rings. The van der Waals surface area contributed by atoms with Gasteiger partial charge in [-0.1, -0.05) is 19.6 Å². The Morgan fingerprint density at radius 1 is 1.27 bits per heavy atom. The Kier molecular flexibility index (Phi) is 8.11. The Bertz CT molecular complexity index is 197. The van der Waals surface area contributed by atoms with Crippen LogP contribution in [0.4, 0.5) is 0 Å². The van der Waals surface area contributed by atoms with Crippen molar-refractivity contribution < 1.29 is 0 Å². The highest BCUT2D eigenvalue weighted by Gasteiger charge is 2.02. The van der Waals surface area contributed by atoms with E-state index in [2.05, 4.69) is 56.5 Å². The zero-order valence-electron chi connectivity index (χ0n) is 10.8. The molecule has 0 aromatic carbocycles. The molecule has 0 N–H and O–H groups in total. The lowest BCUT2D eigenvalue weighted by atomic mass is 10.2. The van der Waals surface area contributed by atoms with Crippen LogP contribution in [-0.4, -0.2) is 43.0 Å². The molecule has 15 heavy (non-hydrogen) atoms. The van der Waals surface area contributed by atoms with E-state index < -0.39 is 0 Å². The van der Waals surface area contributed by atoms with Crippen LogP contribution in [0.3, 0.4) is 0 Å². The van der Waals surface area contributed by atoms with E-state index in [9.17, 15) is 0 Å². The third-order valence-electron chi connectivity index (χ3n) is 2.29. The fraction of sp³-hybridized carbons (Fsp3) is 0.692. The Morgan fingerprint density at radius 2 is 1.93 bits per heavy atom. The summed E-state index contributed by atoms with van der Waals surface area (Å²) in [6, 6.07) is 0. The molecule has 0 unspecified atom stereocenters. The van der Waals surface area contributed by atoms with Crippen molar-refractivity contribution in [3.63, 3.8) is 0 Å². The fourth-order valence-electron chi connectivity index (χ4n) is 1.66. The summed E-state index contributed by atoms with van der Waals surface area (Å²) in [7, 11) is 2.15. The van der Waals surface area contributed by atoms with E-state index in [1.54, 1.807) is 0 Å². The van der Waals surface area contributed by atoms with Crippen molar-refractivity contribution in [1.82, 2.24) is 9.80 Å². The summed E-state index contributed by atoms with van der Waals surface area (Å²) in [4.78, 5) is 4.61. The van der Waals surface area contributed by atoms with Crippen molar-refractivity contribution >= 4 is 0 Å². The van der Waals surface area contributed by atoms with Crippen LogP contribution < -0.4 is 0 Å². The van der Waals surface area contributed by atoms with Crippen LogP contribution in [0, 0.1) is 0 Å². The molecule has 0 spiro atoms. The van der Waals surface area contributed by atoms with E-state index in [-0.39, 0.29) is 0 Å². The summed E-state index contributed by atoms with van der Waals surface area (Å²) in [5, 5.41) is 0. The number of rotatable bonds is 8. The predicted octanol–water partition coefficient (Wildman–Crippen LogP) is 2.74. The molecular formula is C13H26N2. The van der Waals surface area contributed by atoms with Gasteiger partial charge in [0.05, 0.1) is 0 Å². The zero-order chi connectivity index (χ0) is 11.7. The SMILES string of the molecule is C=C(CN(C)CCC)CN(/C=C\C)CC. The largest absolute Gasteiger partial charge is 0.374 e. The summed E-state index contributed by atoms with van der Waals surface area (Å²) in [5.74, 6) is 0. The van der Waals surface area contributed by atoms with Gasteiger partial charge in [-0.2, -0.15) is 0 Å². The second kappa shape index (κ2) is 8.54. The molecule has 0 heterocycles. The molecule has 0 saturated carbocycles. The third-order valence-corrected chi connectivity index (χ3v) is 2.29. The number of nitrogens with zero attached hydrogens (tertiary/aromatic N) is 2. The van der Waals surface area contributed by atoms with Gasteiger partial charge in [0.2, 0.25) is 0 Å². The van der Waals surface area contributed by atoms with Gasteiger partial charge in [-0.25, -0.2) is 0 Å². The summed E-state index contributed by atoms with van der Waals surface area (Å²) in [6.45, 7) is 14.7. The molecule has 0 atom stereocenters. The van der Waals surface area contributed by atoms with Crippen molar-refractivity contribution in [2.45, 2.75) is 27.2 Å². The predicted molar refractivity (Wildman–Crippen MR) is 69.0 cm³/mol. The molecule has 0 radical (unpaired) electrons. The van der Waals surface area contributed by atoms with Crippen LogP contribution in [0.15, 0.2) is 24.4 Å². The molecule has 88 valence electrons. The maximum absolute atomic E-state index is 4.13. The quantitative estimate of drug-likeness (QED) is 0.568. The van der Waals surface area contributed by atoms with Gasteiger partial charge >= 0.3 is 0 Å². The fourth-order valence-corrected chi connectivity index (χ4v) is 1.66. The highest BCUT2D eigenvalue weighted by atomic mass is 15.1. The smallest absolute Gasteiger partial charge is 0.0393 e. The molecule has 0 amide bonds. The summed E-state index contributed by atoms with van der Waals surface area (Å²) in [6.07, 6.45) is 5.41. The molecule has 0 aromatic heterocycles. The first-order chi connectivity index (χ1) is 7.13. The molecule has 0 aliphatic carbocycles. The average molecular weight is 210 g/mol. The molecular weight excluding hydrogens is 184 g/mol. The number of allylic oxidation sites excluding steroid dienone is 1. The Hall–Kier alpha value is -0.760. The molecule has 0 rings (SSSR count). The van der Waals surface area contributed by atoms with Gasteiger partial charge in [-0.15, -0.1) is 0 Å². The van der Waals surface area contributed by atoms with Gasteiger partial charge in [-0.05, 0) is 45.6 Å². The van der Waals surface area contributed by atoms with Crippen LogP contribution in [0.5, 0.6) is 0 Å². The lowest BCUT2D eigenvalue weighted by Crippen LogP contribution is -2.27. The summed E-state index contributed by atoms with van der Waals surface area (Å²) < 4.78 is 0. The van der Waals surface area contributed by atoms with Crippen molar-refractivity contribution in [2.75, 3.05) is 33.2 Å². The van der Waals surface area contributed by atoms with Crippen molar-refractivity contribution in [2.24, 2.45) is 0 Å². The molecule has 2 nitrogen and oxygen atoms in total. The lowest BCUT2D eigenvalue weighted by Gasteiger charge is -2.23. The summed E-state index contributed by atoms with van der Waals surface area (Å²) in [5.41, 5.74) is 1.28. The number of likely N-dealkylation sites (N-methyl/N-ethyl adjacent to an activating group) is 2. The zero-order valence-corrected chi connectivity index (χ0v) is 10.8. The first-order valence-corrected chi connectivity index (χ1v) is 5.86. The monoisotopic (exact) mass is 210 g/mol. The van der Waals surface area contributed by atoms with Crippen LogP contribution in [-0.2, 0) is 0 Å². The van der Waals surface area contributed by atoms with E-state index in [4.69, 9.17) is 0 Å². The highest BCUT2D eigenvalue weighted by molar-refractivity contribution is 5.01. The van der Waals surface area contributed by atoms with E-state index in [1.807, 2.05) is 0 Å². The topological polar surface area (TPSA) is 6.48 Å². The Labute approximate surface area is 95.3 Å². The standard InChI is InChI=1S/C13H26N2/c1-6-9-14(5)11-13(4)12-15(8-3)10-7-2/h7,10H,4,6,8-9,11-12H2,1-3,5H3/b10-7-. The van der Waals surface area contributed by atoms with Gasteiger partial charge in [0.15, 0.2) is 0 Å².